The van der Waals surface area contributed by atoms with Crippen LogP contribution in [-0.4, -0.2) is 22.6 Å². The van der Waals surface area contributed by atoms with Crippen molar-refractivity contribution in [3.05, 3.63) is 59.9 Å². The summed E-state index contributed by atoms with van der Waals surface area (Å²) in [5.41, 5.74) is -0.225. The van der Waals surface area contributed by atoms with Crippen LogP contribution in [0.4, 0.5) is 17.6 Å². The first kappa shape index (κ1) is 19.6. The molecule has 1 fully saturated rings. The van der Waals surface area contributed by atoms with Crippen LogP contribution in [0.1, 0.15) is 43.2 Å². The van der Waals surface area contributed by atoms with Crippen molar-refractivity contribution in [2.45, 2.75) is 50.2 Å². The normalized spacial score (nSPS) is 18.3. The maximum Gasteiger partial charge on any atom is 0.461 e. The van der Waals surface area contributed by atoms with Crippen LogP contribution in [0, 0.1) is 5.92 Å². The molecule has 1 saturated carbocycles. The number of aromatic nitrogens is 1. The molecule has 0 saturated heterocycles. The molecule has 0 spiro atoms. The Labute approximate surface area is 155 Å². The standard InChI is InChI=1S/C20H21F4NO2/c21-18(22)20(23,24)27-17-10-8-15(9-11-17)19(26,14-5-2-1-3-6-14)16-7-4-12-25-13-16/h4,7-14,18,26H,1-3,5-6H2. The summed E-state index contributed by atoms with van der Waals surface area (Å²) in [7, 11) is 0. The molecule has 1 aromatic carbocycles. The third-order valence-corrected chi connectivity index (χ3v) is 5.10. The lowest BCUT2D eigenvalue weighted by molar-refractivity contribution is -0.253. The van der Waals surface area contributed by atoms with Gasteiger partial charge in [0.25, 0.3) is 0 Å². The quantitative estimate of drug-likeness (QED) is 0.703. The van der Waals surface area contributed by atoms with Gasteiger partial charge in [0.2, 0.25) is 0 Å². The number of hydrogen-bond donors (Lipinski definition) is 1. The first-order valence-corrected chi connectivity index (χ1v) is 8.92. The average Bonchev–Trinajstić information content (AvgIpc) is 2.69. The zero-order valence-corrected chi connectivity index (χ0v) is 14.6. The van der Waals surface area contributed by atoms with Crippen LogP contribution in [0.5, 0.6) is 5.75 Å². The maximum atomic E-state index is 13.1. The summed E-state index contributed by atoms with van der Waals surface area (Å²) in [6.45, 7) is 0. The van der Waals surface area contributed by atoms with E-state index < -0.39 is 18.1 Å². The summed E-state index contributed by atoms with van der Waals surface area (Å²) < 4.78 is 54.9. The van der Waals surface area contributed by atoms with Crippen LogP contribution < -0.4 is 4.74 Å². The van der Waals surface area contributed by atoms with Crippen molar-refractivity contribution in [3.63, 3.8) is 0 Å². The van der Waals surface area contributed by atoms with E-state index in [1.807, 2.05) is 0 Å². The molecule has 1 N–H and O–H groups in total. The minimum Gasteiger partial charge on any atom is -0.428 e. The van der Waals surface area contributed by atoms with Crippen molar-refractivity contribution in [2.24, 2.45) is 5.92 Å². The number of benzene rings is 1. The molecule has 3 nitrogen and oxygen atoms in total. The van der Waals surface area contributed by atoms with Gasteiger partial charge in [0, 0.05) is 18.0 Å². The Morgan fingerprint density at radius 1 is 1.00 bits per heavy atom. The molecule has 1 aliphatic rings. The fraction of sp³-hybridized carbons (Fsp3) is 0.450. The number of rotatable bonds is 6. The Hall–Kier alpha value is -2.15. The van der Waals surface area contributed by atoms with E-state index in [4.69, 9.17) is 0 Å². The van der Waals surface area contributed by atoms with E-state index >= 15 is 0 Å². The largest absolute Gasteiger partial charge is 0.461 e. The number of hydrogen-bond acceptors (Lipinski definition) is 3. The lowest BCUT2D eigenvalue weighted by Crippen LogP contribution is -2.38. The molecule has 0 amide bonds. The van der Waals surface area contributed by atoms with Crippen LogP contribution in [-0.2, 0) is 5.60 Å². The Morgan fingerprint density at radius 3 is 2.22 bits per heavy atom. The second-order valence-electron chi connectivity index (χ2n) is 6.83. The number of halogens is 4. The molecule has 146 valence electrons. The van der Waals surface area contributed by atoms with Crippen LogP contribution in [0.25, 0.3) is 0 Å². The molecule has 7 heteroatoms. The molecule has 0 radical (unpaired) electrons. The van der Waals surface area contributed by atoms with E-state index in [0.717, 1.165) is 32.1 Å². The van der Waals surface area contributed by atoms with Gasteiger partial charge in [-0.25, -0.2) is 0 Å². The van der Waals surface area contributed by atoms with Crippen molar-refractivity contribution >= 4 is 0 Å². The van der Waals surface area contributed by atoms with Crippen molar-refractivity contribution in [2.75, 3.05) is 0 Å². The molecule has 3 rings (SSSR count). The van der Waals surface area contributed by atoms with Crippen LogP contribution >= 0.6 is 0 Å². The molecule has 1 heterocycles. The topological polar surface area (TPSA) is 42.4 Å². The lowest BCUT2D eigenvalue weighted by Gasteiger charge is -2.39. The number of aliphatic hydroxyl groups is 1. The molecule has 27 heavy (non-hydrogen) atoms. The van der Waals surface area contributed by atoms with Gasteiger partial charge in [-0.2, -0.15) is 17.6 Å². The van der Waals surface area contributed by atoms with E-state index in [2.05, 4.69) is 9.72 Å². The molecule has 0 aliphatic heterocycles. The van der Waals surface area contributed by atoms with Gasteiger partial charge < -0.3 is 9.84 Å². The zero-order valence-electron chi connectivity index (χ0n) is 14.6. The van der Waals surface area contributed by atoms with Gasteiger partial charge in [0.15, 0.2) is 0 Å². The molecule has 0 bridgehead atoms. The van der Waals surface area contributed by atoms with Crippen LogP contribution in [0.15, 0.2) is 48.8 Å². The Balaban J connectivity index is 1.93. The molecule has 1 aliphatic carbocycles. The first-order valence-electron chi connectivity index (χ1n) is 8.92. The molecule has 2 aromatic rings. The predicted octanol–water partition coefficient (Wildman–Crippen LogP) is 5.13. The van der Waals surface area contributed by atoms with Crippen molar-refractivity contribution < 1.29 is 27.4 Å². The molecular weight excluding hydrogens is 362 g/mol. The van der Waals surface area contributed by atoms with Crippen LogP contribution in [0.3, 0.4) is 0 Å². The third-order valence-electron chi connectivity index (χ3n) is 5.10. The van der Waals surface area contributed by atoms with E-state index in [-0.39, 0.29) is 11.7 Å². The minimum atomic E-state index is -4.56. The van der Waals surface area contributed by atoms with Gasteiger partial charge in [-0.1, -0.05) is 37.5 Å². The van der Waals surface area contributed by atoms with Crippen molar-refractivity contribution in [1.29, 1.82) is 0 Å². The van der Waals surface area contributed by atoms with Crippen LogP contribution in [0.2, 0.25) is 0 Å². The Bertz CT molecular complexity index is 733. The average molecular weight is 383 g/mol. The summed E-state index contributed by atoms with van der Waals surface area (Å²) in [5.74, 6) is -0.439. The number of nitrogens with zero attached hydrogens (tertiary/aromatic N) is 1. The van der Waals surface area contributed by atoms with Crippen molar-refractivity contribution in [3.8, 4) is 5.75 Å². The predicted molar refractivity (Wildman–Crippen MR) is 91.8 cm³/mol. The monoisotopic (exact) mass is 383 g/mol. The van der Waals surface area contributed by atoms with Gasteiger partial charge in [0.1, 0.15) is 11.4 Å². The highest BCUT2D eigenvalue weighted by Gasteiger charge is 2.44. The molecule has 1 atom stereocenters. The fourth-order valence-electron chi connectivity index (χ4n) is 3.73. The van der Waals surface area contributed by atoms with Crippen molar-refractivity contribution in [1.82, 2.24) is 4.98 Å². The zero-order chi connectivity index (χ0) is 19.5. The molecule has 1 aromatic heterocycles. The number of alkyl halides is 4. The SMILES string of the molecule is OC(c1ccc(OC(F)(F)C(F)F)cc1)(c1cccnc1)C1CCCCC1. The number of pyridine rings is 1. The second-order valence-corrected chi connectivity index (χ2v) is 6.83. The van der Waals surface area contributed by atoms with Gasteiger partial charge in [-0.15, -0.1) is 0 Å². The summed E-state index contributed by atoms with van der Waals surface area (Å²) >= 11 is 0. The molecular formula is C20H21F4NO2. The summed E-state index contributed by atoms with van der Waals surface area (Å²) in [6.07, 6.45) is -0.547. The summed E-state index contributed by atoms with van der Waals surface area (Å²) in [5, 5.41) is 11.6. The molecule has 1 unspecified atom stereocenters. The Kier molecular flexibility index (Phi) is 5.69. The van der Waals surface area contributed by atoms with E-state index in [1.165, 1.54) is 24.3 Å². The fourth-order valence-corrected chi connectivity index (χ4v) is 3.73. The highest BCUT2D eigenvalue weighted by Crippen LogP contribution is 2.44. The number of ether oxygens (including phenoxy) is 1. The smallest absolute Gasteiger partial charge is 0.428 e. The maximum absolute atomic E-state index is 13.1. The van der Waals surface area contributed by atoms with E-state index in [0.29, 0.717) is 11.1 Å². The lowest BCUT2D eigenvalue weighted by atomic mass is 9.70. The van der Waals surface area contributed by atoms with Gasteiger partial charge >= 0.3 is 12.5 Å². The highest BCUT2D eigenvalue weighted by molar-refractivity contribution is 5.39. The summed E-state index contributed by atoms with van der Waals surface area (Å²) in [4.78, 5) is 4.09. The Morgan fingerprint density at radius 2 is 1.67 bits per heavy atom. The van der Waals surface area contributed by atoms with Gasteiger partial charge in [0.05, 0.1) is 0 Å². The van der Waals surface area contributed by atoms with Gasteiger partial charge in [-0.3, -0.25) is 4.98 Å². The highest BCUT2D eigenvalue weighted by atomic mass is 19.3. The first-order chi connectivity index (χ1) is 12.8. The third kappa shape index (κ3) is 4.08. The minimum absolute atomic E-state index is 0.0512. The van der Waals surface area contributed by atoms with E-state index in [1.54, 1.807) is 24.5 Å². The second kappa shape index (κ2) is 7.84. The van der Waals surface area contributed by atoms with Gasteiger partial charge in [-0.05, 0) is 42.5 Å². The van der Waals surface area contributed by atoms with E-state index in [9.17, 15) is 22.7 Å². The summed E-state index contributed by atoms with van der Waals surface area (Å²) in [6, 6.07) is 8.74.